The molecule has 7 heteroatoms. The van der Waals surface area contributed by atoms with Gasteiger partial charge < -0.3 is 20.1 Å². The highest BCUT2D eigenvalue weighted by atomic mass is 35.5. The molecule has 1 fully saturated rings. The molecule has 1 aromatic carbocycles. The Hall–Kier alpha value is -1.50. The third kappa shape index (κ3) is 4.03. The van der Waals surface area contributed by atoms with Crippen molar-refractivity contribution < 1.29 is 14.3 Å². The lowest BCUT2D eigenvalue weighted by atomic mass is 10.2. The lowest BCUT2D eigenvalue weighted by Crippen LogP contribution is -2.51. The summed E-state index contributed by atoms with van der Waals surface area (Å²) in [6, 6.07) is 3.63. The van der Waals surface area contributed by atoms with E-state index in [1.165, 1.54) is 14.2 Å². The molecular weight excluding hydrogens is 306 g/mol. The van der Waals surface area contributed by atoms with Crippen LogP contribution in [-0.4, -0.2) is 57.2 Å². The molecule has 6 nitrogen and oxygen atoms in total. The van der Waals surface area contributed by atoms with E-state index in [0.29, 0.717) is 34.8 Å². The van der Waals surface area contributed by atoms with Crippen LogP contribution in [0.1, 0.15) is 6.92 Å². The second-order valence-corrected chi connectivity index (χ2v) is 5.67. The van der Waals surface area contributed by atoms with Crippen molar-refractivity contribution in [3.8, 4) is 11.5 Å². The number of halogens is 1. The summed E-state index contributed by atoms with van der Waals surface area (Å²) in [5.74, 6) is 0.934. The normalized spacial score (nSPS) is 18.8. The second-order valence-electron chi connectivity index (χ2n) is 5.26. The van der Waals surface area contributed by atoms with Crippen LogP contribution >= 0.6 is 11.6 Å². The number of methoxy groups -OCH3 is 2. The van der Waals surface area contributed by atoms with Gasteiger partial charge in [-0.05, 0) is 13.0 Å². The molecule has 2 rings (SSSR count). The van der Waals surface area contributed by atoms with Crippen LogP contribution in [0.3, 0.4) is 0 Å². The first-order valence-corrected chi connectivity index (χ1v) is 7.59. The molecule has 1 aliphatic heterocycles. The van der Waals surface area contributed by atoms with E-state index in [1.807, 2.05) is 0 Å². The number of piperazine rings is 1. The summed E-state index contributed by atoms with van der Waals surface area (Å²) < 4.78 is 10.4. The number of amides is 1. The molecular formula is C15H22ClN3O3. The highest BCUT2D eigenvalue weighted by Crippen LogP contribution is 2.35. The first kappa shape index (κ1) is 16.9. The monoisotopic (exact) mass is 327 g/mol. The van der Waals surface area contributed by atoms with Gasteiger partial charge >= 0.3 is 0 Å². The Bertz CT molecular complexity index is 539. The number of benzene rings is 1. The lowest BCUT2D eigenvalue weighted by molar-refractivity contribution is -0.118. The van der Waals surface area contributed by atoms with E-state index in [-0.39, 0.29) is 5.91 Å². The summed E-state index contributed by atoms with van der Waals surface area (Å²) >= 11 is 6.11. The highest BCUT2D eigenvalue weighted by molar-refractivity contribution is 6.32. The standard InChI is InChI=1S/C15H22ClN3O3/c1-10-8-17-4-5-19(10)9-15(20)18-12-6-11(16)13(21-2)7-14(12)22-3/h6-7,10,17H,4-5,8-9H2,1-3H3,(H,18,20)/t10-/m0/s1. The molecule has 1 saturated heterocycles. The van der Waals surface area contributed by atoms with Gasteiger partial charge in [-0.2, -0.15) is 0 Å². The highest BCUT2D eigenvalue weighted by Gasteiger charge is 2.21. The predicted octanol–water partition coefficient (Wildman–Crippen LogP) is 1.59. The van der Waals surface area contributed by atoms with Crippen molar-refractivity contribution in [1.29, 1.82) is 0 Å². The van der Waals surface area contributed by atoms with Crippen molar-refractivity contribution in [1.82, 2.24) is 10.2 Å². The molecule has 0 unspecified atom stereocenters. The molecule has 0 aliphatic carbocycles. The predicted molar refractivity (Wildman–Crippen MR) is 87.1 cm³/mol. The summed E-state index contributed by atoms with van der Waals surface area (Å²) in [4.78, 5) is 14.4. The molecule has 1 aromatic rings. The van der Waals surface area contributed by atoms with Gasteiger partial charge in [-0.15, -0.1) is 0 Å². The van der Waals surface area contributed by atoms with Crippen LogP contribution in [-0.2, 0) is 4.79 Å². The minimum atomic E-state index is -0.0896. The Balaban J connectivity index is 2.06. The third-order valence-electron chi connectivity index (χ3n) is 3.73. The van der Waals surface area contributed by atoms with E-state index in [2.05, 4.69) is 22.5 Å². The van der Waals surface area contributed by atoms with Gasteiger partial charge in [0.05, 0.1) is 31.5 Å². The fraction of sp³-hybridized carbons (Fsp3) is 0.533. The first-order valence-electron chi connectivity index (χ1n) is 7.21. The van der Waals surface area contributed by atoms with Crippen LogP contribution in [0.4, 0.5) is 5.69 Å². The zero-order valence-electron chi connectivity index (χ0n) is 13.1. The molecule has 0 aromatic heterocycles. The van der Waals surface area contributed by atoms with Gasteiger partial charge in [-0.1, -0.05) is 11.6 Å². The number of anilines is 1. The Kier molecular flexibility index (Phi) is 5.88. The fourth-order valence-corrected chi connectivity index (χ4v) is 2.69. The molecule has 0 saturated carbocycles. The van der Waals surface area contributed by atoms with E-state index in [4.69, 9.17) is 21.1 Å². The maximum absolute atomic E-state index is 12.3. The number of hydrogen-bond donors (Lipinski definition) is 2. The fourth-order valence-electron chi connectivity index (χ4n) is 2.45. The Morgan fingerprint density at radius 2 is 2.14 bits per heavy atom. The number of rotatable bonds is 5. The molecule has 0 spiro atoms. The van der Waals surface area contributed by atoms with Gasteiger partial charge in [0.2, 0.25) is 5.91 Å². The van der Waals surface area contributed by atoms with E-state index in [0.717, 1.165) is 19.6 Å². The zero-order chi connectivity index (χ0) is 16.1. The maximum Gasteiger partial charge on any atom is 0.238 e. The number of carbonyl (C=O) groups excluding carboxylic acids is 1. The van der Waals surface area contributed by atoms with Crippen LogP contribution in [0, 0.1) is 0 Å². The van der Waals surface area contributed by atoms with Gasteiger partial charge in [-0.25, -0.2) is 0 Å². The van der Waals surface area contributed by atoms with Gasteiger partial charge in [0.15, 0.2) is 0 Å². The molecule has 1 aliphatic rings. The lowest BCUT2D eigenvalue weighted by Gasteiger charge is -2.33. The molecule has 0 bridgehead atoms. The first-order chi connectivity index (χ1) is 10.5. The summed E-state index contributed by atoms with van der Waals surface area (Å²) in [6.45, 7) is 5.09. The number of nitrogens with one attached hydrogen (secondary N) is 2. The Labute approximate surface area is 135 Å². The van der Waals surface area contributed by atoms with Crippen LogP contribution in [0.2, 0.25) is 5.02 Å². The minimum Gasteiger partial charge on any atom is -0.495 e. The van der Waals surface area contributed by atoms with Crippen LogP contribution in [0.15, 0.2) is 12.1 Å². The van der Waals surface area contributed by atoms with E-state index in [1.54, 1.807) is 12.1 Å². The number of hydrogen-bond acceptors (Lipinski definition) is 5. The van der Waals surface area contributed by atoms with E-state index < -0.39 is 0 Å². The van der Waals surface area contributed by atoms with Crippen molar-refractivity contribution in [2.75, 3.05) is 45.7 Å². The molecule has 122 valence electrons. The Morgan fingerprint density at radius 3 is 2.77 bits per heavy atom. The molecule has 2 N–H and O–H groups in total. The quantitative estimate of drug-likeness (QED) is 0.860. The number of nitrogens with zero attached hydrogens (tertiary/aromatic N) is 1. The van der Waals surface area contributed by atoms with Gasteiger partial charge in [0.25, 0.3) is 0 Å². The van der Waals surface area contributed by atoms with Crippen molar-refractivity contribution >= 4 is 23.2 Å². The second kappa shape index (κ2) is 7.67. The smallest absolute Gasteiger partial charge is 0.238 e. The largest absolute Gasteiger partial charge is 0.495 e. The van der Waals surface area contributed by atoms with Crippen molar-refractivity contribution in [3.05, 3.63) is 17.2 Å². The summed E-state index contributed by atoms with van der Waals surface area (Å²) in [6.07, 6.45) is 0. The van der Waals surface area contributed by atoms with Gasteiger partial charge in [0, 0.05) is 31.7 Å². The SMILES string of the molecule is COc1cc(OC)c(NC(=O)CN2CCNC[C@@H]2C)cc1Cl. The average molecular weight is 328 g/mol. The van der Waals surface area contributed by atoms with E-state index >= 15 is 0 Å². The molecule has 1 amide bonds. The van der Waals surface area contributed by atoms with Crippen molar-refractivity contribution in [3.63, 3.8) is 0 Å². The molecule has 22 heavy (non-hydrogen) atoms. The molecule has 1 atom stereocenters. The maximum atomic E-state index is 12.3. The topological polar surface area (TPSA) is 62.8 Å². The summed E-state index contributed by atoms with van der Waals surface area (Å²) in [7, 11) is 3.07. The number of ether oxygens (including phenoxy) is 2. The van der Waals surface area contributed by atoms with E-state index in [9.17, 15) is 4.79 Å². The van der Waals surface area contributed by atoms with Gasteiger partial charge in [0.1, 0.15) is 11.5 Å². The summed E-state index contributed by atoms with van der Waals surface area (Å²) in [5, 5.41) is 6.58. The minimum absolute atomic E-state index is 0.0896. The number of carbonyl (C=O) groups is 1. The molecule has 0 radical (unpaired) electrons. The third-order valence-corrected chi connectivity index (χ3v) is 4.03. The van der Waals surface area contributed by atoms with Crippen LogP contribution in [0.5, 0.6) is 11.5 Å². The summed E-state index contributed by atoms with van der Waals surface area (Å²) in [5.41, 5.74) is 0.543. The zero-order valence-corrected chi connectivity index (χ0v) is 13.9. The van der Waals surface area contributed by atoms with Crippen LogP contribution < -0.4 is 20.1 Å². The average Bonchev–Trinajstić information content (AvgIpc) is 2.50. The Morgan fingerprint density at radius 1 is 1.41 bits per heavy atom. The van der Waals surface area contributed by atoms with Crippen molar-refractivity contribution in [2.24, 2.45) is 0 Å². The van der Waals surface area contributed by atoms with Gasteiger partial charge in [-0.3, -0.25) is 9.69 Å². The van der Waals surface area contributed by atoms with Crippen molar-refractivity contribution in [2.45, 2.75) is 13.0 Å². The molecule has 1 heterocycles. The van der Waals surface area contributed by atoms with Crippen LogP contribution in [0.25, 0.3) is 0 Å².